The number of hydrogen-bond acceptors (Lipinski definition) is 2. The van der Waals surface area contributed by atoms with Crippen molar-refractivity contribution in [2.24, 2.45) is 0 Å². The first kappa shape index (κ1) is 18.6. The fourth-order valence-corrected chi connectivity index (χ4v) is 2.59. The molecule has 2 aromatic carbocycles. The molecule has 0 aliphatic carbocycles. The van der Waals surface area contributed by atoms with Crippen LogP contribution in [0.3, 0.4) is 0 Å². The van der Waals surface area contributed by atoms with E-state index in [1.165, 1.54) is 30.5 Å². The van der Waals surface area contributed by atoms with Gasteiger partial charge in [0.05, 0.1) is 11.6 Å². The van der Waals surface area contributed by atoms with E-state index in [9.17, 15) is 22.4 Å². The third-order valence-corrected chi connectivity index (χ3v) is 3.94. The van der Waals surface area contributed by atoms with Gasteiger partial charge in [0.2, 0.25) is 0 Å². The number of alkyl halides is 3. The van der Waals surface area contributed by atoms with E-state index < -0.39 is 29.5 Å². The maximum Gasteiger partial charge on any atom is 0.416 e. The lowest BCUT2D eigenvalue weighted by molar-refractivity contribution is -0.137. The fourth-order valence-electron chi connectivity index (χ4n) is 2.59. The van der Waals surface area contributed by atoms with Crippen molar-refractivity contribution in [3.8, 4) is 0 Å². The van der Waals surface area contributed by atoms with Gasteiger partial charge in [0.15, 0.2) is 0 Å². The van der Waals surface area contributed by atoms with E-state index in [2.05, 4.69) is 10.3 Å². The number of carbonyl (C=O) groups excluding carboxylic acids is 1. The van der Waals surface area contributed by atoms with E-state index in [0.29, 0.717) is 5.56 Å². The Balaban J connectivity index is 1.98. The van der Waals surface area contributed by atoms with Gasteiger partial charge in [-0.15, -0.1) is 0 Å². The van der Waals surface area contributed by atoms with Crippen LogP contribution in [0.15, 0.2) is 72.9 Å². The van der Waals surface area contributed by atoms with Crippen molar-refractivity contribution in [2.75, 3.05) is 0 Å². The Morgan fingerprint density at radius 1 is 0.926 bits per heavy atom. The summed E-state index contributed by atoms with van der Waals surface area (Å²) in [6.45, 7) is 0. The molecule has 0 aliphatic rings. The monoisotopic (exact) mass is 374 g/mol. The highest BCUT2D eigenvalue weighted by Crippen LogP contribution is 2.31. The summed E-state index contributed by atoms with van der Waals surface area (Å²) in [4.78, 5) is 16.5. The first-order valence-electron chi connectivity index (χ1n) is 8.00. The fraction of sp³-hybridized carbons (Fsp3) is 0.100. The number of aromatic nitrogens is 1. The van der Waals surface area contributed by atoms with Crippen LogP contribution in [0.2, 0.25) is 0 Å². The molecule has 0 saturated heterocycles. The zero-order chi connectivity index (χ0) is 19.4. The normalized spacial score (nSPS) is 12.4. The summed E-state index contributed by atoms with van der Waals surface area (Å²) in [7, 11) is 0. The zero-order valence-corrected chi connectivity index (χ0v) is 13.9. The summed E-state index contributed by atoms with van der Waals surface area (Å²) in [5.74, 6) is -1.17. The molecule has 3 rings (SSSR count). The Morgan fingerprint density at radius 3 is 2.19 bits per heavy atom. The van der Waals surface area contributed by atoms with Crippen LogP contribution in [0.1, 0.15) is 33.2 Å². The molecule has 0 radical (unpaired) electrons. The van der Waals surface area contributed by atoms with Crippen LogP contribution in [-0.4, -0.2) is 10.9 Å². The molecule has 1 N–H and O–H groups in total. The second-order valence-electron chi connectivity index (χ2n) is 5.76. The molecular formula is C20H14F4N2O. The highest BCUT2D eigenvalue weighted by Gasteiger charge is 2.31. The van der Waals surface area contributed by atoms with Crippen molar-refractivity contribution in [1.82, 2.24) is 10.3 Å². The minimum Gasteiger partial charge on any atom is -0.339 e. The summed E-state index contributed by atoms with van der Waals surface area (Å²) in [5.41, 5.74) is -0.293. The molecule has 1 heterocycles. The maximum atomic E-state index is 14.3. The quantitative estimate of drug-likeness (QED) is 0.669. The highest BCUT2D eigenvalue weighted by molar-refractivity contribution is 5.94. The minimum atomic E-state index is -4.49. The molecule has 138 valence electrons. The van der Waals surface area contributed by atoms with Crippen molar-refractivity contribution in [1.29, 1.82) is 0 Å². The van der Waals surface area contributed by atoms with Crippen LogP contribution in [0.4, 0.5) is 17.6 Å². The Hall–Kier alpha value is -3.22. The van der Waals surface area contributed by atoms with E-state index in [0.717, 1.165) is 12.1 Å². The molecule has 3 nitrogen and oxygen atoms in total. The Labute approximate surface area is 152 Å². The van der Waals surface area contributed by atoms with Gasteiger partial charge in [0, 0.05) is 11.8 Å². The van der Waals surface area contributed by atoms with Crippen LogP contribution in [0, 0.1) is 5.82 Å². The van der Waals surface area contributed by atoms with Crippen LogP contribution >= 0.6 is 0 Å². The van der Waals surface area contributed by atoms with Crippen LogP contribution in [0.5, 0.6) is 0 Å². The predicted molar refractivity (Wildman–Crippen MR) is 91.4 cm³/mol. The Morgan fingerprint density at radius 2 is 1.59 bits per heavy atom. The number of nitrogens with one attached hydrogen (secondary N) is 1. The molecule has 1 amide bonds. The lowest BCUT2D eigenvalue weighted by Gasteiger charge is -2.20. The molecular weight excluding hydrogens is 360 g/mol. The van der Waals surface area contributed by atoms with Crippen molar-refractivity contribution in [2.45, 2.75) is 12.2 Å². The number of hydrogen-bond donors (Lipinski definition) is 1. The molecule has 0 spiro atoms. The first-order valence-corrected chi connectivity index (χ1v) is 8.00. The third-order valence-electron chi connectivity index (χ3n) is 3.94. The number of amides is 1. The molecule has 27 heavy (non-hydrogen) atoms. The average Bonchev–Trinajstić information content (AvgIpc) is 2.67. The summed E-state index contributed by atoms with van der Waals surface area (Å²) in [6, 6.07) is 13.9. The van der Waals surface area contributed by atoms with Gasteiger partial charge in [-0.1, -0.05) is 30.3 Å². The van der Waals surface area contributed by atoms with Crippen molar-refractivity contribution >= 4 is 5.91 Å². The lowest BCUT2D eigenvalue weighted by atomic mass is 10.00. The van der Waals surface area contributed by atoms with E-state index in [4.69, 9.17) is 0 Å². The highest BCUT2D eigenvalue weighted by atomic mass is 19.4. The van der Waals surface area contributed by atoms with E-state index >= 15 is 0 Å². The second-order valence-corrected chi connectivity index (χ2v) is 5.76. The van der Waals surface area contributed by atoms with Crippen LogP contribution in [-0.2, 0) is 6.18 Å². The number of halogens is 4. The minimum absolute atomic E-state index is 0.0819. The molecule has 1 atom stereocenters. The predicted octanol–water partition coefficient (Wildman–Crippen LogP) is 4.76. The molecule has 0 aliphatic heterocycles. The van der Waals surface area contributed by atoms with Gasteiger partial charge in [0.1, 0.15) is 11.5 Å². The summed E-state index contributed by atoms with van der Waals surface area (Å²) in [6.07, 6.45) is -3.14. The van der Waals surface area contributed by atoms with E-state index in [-0.39, 0.29) is 11.3 Å². The smallest absolute Gasteiger partial charge is 0.339 e. The summed E-state index contributed by atoms with van der Waals surface area (Å²) < 4.78 is 52.6. The Kier molecular flexibility index (Phi) is 5.21. The van der Waals surface area contributed by atoms with Gasteiger partial charge in [-0.25, -0.2) is 4.39 Å². The van der Waals surface area contributed by atoms with Gasteiger partial charge in [-0.3, -0.25) is 9.78 Å². The topological polar surface area (TPSA) is 42.0 Å². The van der Waals surface area contributed by atoms with Gasteiger partial charge < -0.3 is 5.32 Å². The van der Waals surface area contributed by atoms with E-state index in [1.807, 2.05) is 0 Å². The summed E-state index contributed by atoms with van der Waals surface area (Å²) in [5, 5.41) is 2.64. The van der Waals surface area contributed by atoms with Gasteiger partial charge in [-0.05, 0) is 42.0 Å². The van der Waals surface area contributed by atoms with Crippen LogP contribution in [0.25, 0.3) is 0 Å². The number of carbonyl (C=O) groups is 1. The first-order chi connectivity index (χ1) is 12.9. The Bertz CT molecular complexity index is 925. The largest absolute Gasteiger partial charge is 0.416 e. The van der Waals surface area contributed by atoms with Crippen LogP contribution < -0.4 is 5.32 Å². The molecule has 1 aromatic heterocycles. The summed E-state index contributed by atoms with van der Waals surface area (Å²) >= 11 is 0. The lowest BCUT2D eigenvalue weighted by Crippen LogP contribution is -2.30. The molecule has 0 bridgehead atoms. The molecule has 3 aromatic rings. The molecule has 0 fully saturated rings. The second kappa shape index (κ2) is 7.57. The average molecular weight is 374 g/mol. The number of rotatable bonds is 4. The van der Waals surface area contributed by atoms with Crippen molar-refractivity contribution in [3.63, 3.8) is 0 Å². The van der Waals surface area contributed by atoms with Crippen molar-refractivity contribution in [3.05, 3.63) is 101 Å². The number of benzene rings is 2. The van der Waals surface area contributed by atoms with Gasteiger partial charge >= 0.3 is 6.18 Å². The number of nitrogens with zero attached hydrogens (tertiary/aromatic N) is 1. The van der Waals surface area contributed by atoms with Gasteiger partial charge in [-0.2, -0.15) is 13.2 Å². The maximum absolute atomic E-state index is 14.3. The zero-order valence-electron chi connectivity index (χ0n) is 13.9. The molecule has 0 saturated carbocycles. The van der Waals surface area contributed by atoms with Gasteiger partial charge in [0.25, 0.3) is 5.91 Å². The standard InChI is InChI=1S/C20H14F4N2O/c21-16-7-4-12-25-18(16)17(26-19(27)14-5-2-1-3-6-14)13-8-10-15(11-9-13)20(22,23)24/h1-12,17H,(H,26,27)/t17-/m0/s1. The van der Waals surface area contributed by atoms with Crippen molar-refractivity contribution < 1.29 is 22.4 Å². The molecule has 7 heteroatoms. The molecule has 0 unspecified atom stereocenters. The number of pyridine rings is 1. The van der Waals surface area contributed by atoms with E-state index in [1.54, 1.807) is 30.3 Å². The SMILES string of the molecule is O=C(N[C@@H](c1ccc(C(F)(F)F)cc1)c1ncccc1F)c1ccccc1. The third kappa shape index (κ3) is 4.31.